The highest BCUT2D eigenvalue weighted by Gasteiger charge is 2.24. The molecule has 2 N–H and O–H groups in total. The molecule has 1 aliphatic carbocycles. The number of H-pyrrole nitrogens is 1. The molecular formula is C27H30N4O. The molecule has 0 atom stereocenters. The third-order valence-electron chi connectivity index (χ3n) is 6.45. The minimum atomic E-state index is -0.0609. The summed E-state index contributed by atoms with van der Waals surface area (Å²) in [5.41, 5.74) is 7.35. The van der Waals surface area contributed by atoms with Gasteiger partial charge in [-0.1, -0.05) is 12.1 Å². The van der Waals surface area contributed by atoms with Gasteiger partial charge < -0.3 is 10.3 Å². The molecule has 0 unspecified atom stereocenters. The van der Waals surface area contributed by atoms with Crippen molar-refractivity contribution in [1.82, 2.24) is 15.3 Å². The van der Waals surface area contributed by atoms with Crippen molar-refractivity contribution in [3.63, 3.8) is 0 Å². The number of carbonyl (C=O) groups excluding carboxylic acids is 1. The summed E-state index contributed by atoms with van der Waals surface area (Å²) in [5, 5.41) is 12.4. The number of hydrogen-bond donors (Lipinski definition) is 2. The fraction of sp³-hybridized carbons (Fsp3) is 0.370. The summed E-state index contributed by atoms with van der Waals surface area (Å²) in [7, 11) is 0. The largest absolute Gasteiger partial charge is 0.358 e. The monoisotopic (exact) mass is 426 g/mol. The van der Waals surface area contributed by atoms with E-state index >= 15 is 0 Å². The van der Waals surface area contributed by atoms with Crippen molar-refractivity contribution < 1.29 is 4.79 Å². The summed E-state index contributed by atoms with van der Waals surface area (Å²) in [5.74, 6) is 1.03. The molecule has 0 aliphatic heterocycles. The Kier molecular flexibility index (Phi) is 6.41. The molecule has 32 heavy (non-hydrogen) atoms. The molecule has 164 valence electrons. The van der Waals surface area contributed by atoms with E-state index < -0.39 is 0 Å². The van der Waals surface area contributed by atoms with E-state index in [1.807, 2.05) is 31.2 Å². The third kappa shape index (κ3) is 4.91. The summed E-state index contributed by atoms with van der Waals surface area (Å²) in [6, 6.07) is 15.8. The minimum Gasteiger partial charge on any atom is -0.358 e. The number of carbonyl (C=O) groups is 1. The first-order valence-electron chi connectivity index (χ1n) is 11.4. The normalized spacial score (nSPS) is 18.2. The quantitative estimate of drug-likeness (QED) is 0.559. The lowest BCUT2D eigenvalue weighted by atomic mass is 9.78. The fourth-order valence-corrected chi connectivity index (χ4v) is 4.87. The molecule has 4 rings (SSSR count). The van der Waals surface area contributed by atoms with E-state index in [9.17, 15) is 10.1 Å². The maximum atomic E-state index is 13.0. The van der Waals surface area contributed by atoms with Gasteiger partial charge in [-0.05, 0) is 94.2 Å². The van der Waals surface area contributed by atoms with Crippen LogP contribution in [0.5, 0.6) is 0 Å². The van der Waals surface area contributed by atoms with Gasteiger partial charge in [0, 0.05) is 29.2 Å². The van der Waals surface area contributed by atoms with Crippen molar-refractivity contribution in [1.29, 1.82) is 5.26 Å². The van der Waals surface area contributed by atoms with E-state index in [1.54, 1.807) is 6.07 Å². The molecule has 1 fully saturated rings. The van der Waals surface area contributed by atoms with Crippen molar-refractivity contribution in [3.05, 3.63) is 76.2 Å². The highest BCUT2D eigenvalue weighted by atomic mass is 16.1. The Labute approximate surface area is 189 Å². The zero-order valence-electron chi connectivity index (χ0n) is 19.0. The molecule has 1 saturated carbocycles. The van der Waals surface area contributed by atoms with E-state index in [0.29, 0.717) is 29.5 Å². The maximum absolute atomic E-state index is 13.0. The number of aromatic amines is 1. The van der Waals surface area contributed by atoms with Gasteiger partial charge in [-0.2, -0.15) is 5.26 Å². The van der Waals surface area contributed by atoms with Crippen LogP contribution in [0.25, 0.3) is 11.3 Å². The second-order valence-electron chi connectivity index (χ2n) is 9.04. The molecule has 0 spiro atoms. The number of nitriles is 1. The smallest absolute Gasteiger partial charge is 0.253 e. The fourth-order valence-electron chi connectivity index (χ4n) is 4.87. The molecular weight excluding hydrogens is 396 g/mol. The molecule has 1 amide bonds. The first kappa shape index (κ1) is 21.8. The van der Waals surface area contributed by atoms with Crippen LogP contribution >= 0.6 is 0 Å². The van der Waals surface area contributed by atoms with E-state index in [0.717, 1.165) is 54.0 Å². The highest BCUT2D eigenvalue weighted by molar-refractivity contribution is 6.00. The molecule has 5 heteroatoms. The second kappa shape index (κ2) is 9.40. The standard InChI is InChI=1S/C27H30N4O/c1-17-11-24(12-18(2)30-17)22-9-7-20(8-10-22)16-29-27(32)25-13-19(3)31-26(25)23-6-4-5-21(14-23)15-28/h4-6,11-14,20,22,31H,7-10,16H2,1-3H3,(H,29,32). The van der Waals surface area contributed by atoms with Gasteiger partial charge in [-0.15, -0.1) is 0 Å². The first-order chi connectivity index (χ1) is 15.4. The molecule has 1 aromatic carbocycles. The van der Waals surface area contributed by atoms with Crippen LogP contribution in [0, 0.1) is 38.0 Å². The van der Waals surface area contributed by atoms with E-state index in [-0.39, 0.29) is 5.91 Å². The Morgan fingerprint density at radius 3 is 2.50 bits per heavy atom. The summed E-state index contributed by atoms with van der Waals surface area (Å²) in [6.07, 6.45) is 4.54. The van der Waals surface area contributed by atoms with Gasteiger partial charge >= 0.3 is 0 Å². The Morgan fingerprint density at radius 2 is 1.81 bits per heavy atom. The number of aryl methyl sites for hydroxylation is 3. The van der Waals surface area contributed by atoms with Crippen LogP contribution in [0.3, 0.4) is 0 Å². The molecule has 2 aromatic heterocycles. The van der Waals surface area contributed by atoms with Crippen molar-refractivity contribution in [2.75, 3.05) is 6.54 Å². The van der Waals surface area contributed by atoms with Crippen LogP contribution in [0.4, 0.5) is 0 Å². The van der Waals surface area contributed by atoms with Gasteiger partial charge in [-0.3, -0.25) is 9.78 Å². The number of benzene rings is 1. The lowest BCUT2D eigenvalue weighted by Gasteiger charge is -2.29. The van der Waals surface area contributed by atoms with Gasteiger partial charge in [-0.25, -0.2) is 0 Å². The Bertz CT molecular complexity index is 1140. The molecule has 0 radical (unpaired) electrons. The highest BCUT2D eigenvalue weighted by Crippen LogP contribution is 2.36. The lowest BCUT2D eigenvalue weighted by molar-refractivity contribution is 0.0943. The topological polar surface area (TPSA) is 81.6 Å². The number of pyridine rings is 1. The van der Waals surface area contributed by atoms with Gasteiger partial charge in [0.15, 0.2) is 0 Å². The number of hydrogen-bond acceptors (Lipinski definition) is 3. The van der Waals surface area contributed by atoms with Crippen molar-refractivity contribution in [2.24, 2.45) is 5.92 Å². The van der Waals surface area contributed by atoms with E-state index in [4.69, 9.17) is 0 Å². The van der Waals surface area contributed by atoms with Crippen LogP contribution < -0.4 is 5.32 Å². The summed E-state index contributed by atoms with van der Waals surface area (Å²) >= 11 is 0. The average molecular weight is 427 g/mol. The van der Waals surface area contributed by atoms with Crippen LogP contribution in [0.2, 0.25) is 0 Å². The average Bonchev–Trinajstić information content (AvgIpc) is 3.19. The zero-order chi connectivity index (χ0) is 22.7. The van der Waals surface area contributed by atoms with Crippen molar-refractivity contribution in [2.45, 2.75) is 52.4 Å². The third-order valence-corrected chi connectivity index (χ3v) is 6.45. The maximum Gasteiger partial charge on any atom is 0.253 e. The number of nitrogens with one attached hydrogen (secondary N) is 2. The van der Waals surface area contributed by atoms with E-state index in [2.05, 4.69) is 47.3 Å². The van der Waals surface area contributed by atoms with E-state index in [1.165, 1.54) is 5.56 Å². The van der Waals surface area contributed by atoms with Crippen LogP contribution in [0.15, 0.2) is 42.5 Å². The molecule has 0 saturated heterocycles. The lowest BCUT2D eigenvalue weighted by Crippen LogP contribution is -2.31. The first-order valence-corrected chi connectivity index (χ1v) is 11.4. The minimum absolute atomic E-state index is 0.0609. The number of nitrogens with zero attached hydrogens (tertiary/aromatic N) is 2. The molecule has 0 bridgehead atoms. The predicted molar refractivity (Wildman–Crippen MR) is 126 cm³/mol. The number of amides is 1. The number of aromatic nitrogens is 2. The van der Waals surface area contributed by atoms with Crippen molar-refractivity contribution >= 4 is 5.91 Å². The van der Waals surface area contributed by atoms with Gasteiger partial charge in [0.25, 0.3) is 5.91 Å². The molecule has 3 aromatic rings. The Hall–Kier alpha value is -3.39. The Morgan fingerprint density at radius 1 is 1.09 bits per heavy atom. The van der Waals surface area contributed by atoms with Gasteiger partial charge in [0.1, 0.15) is 0 Å². The van der Waals surface area contributed by atoms with Gasteiger partial charge in [0.2, 0.25) is 0 Å². The second-order valence-corrected chi connectivity index (χ2v) is 9.04. The number of rotatable bonds is 5. The van der Waals surface area contributed by atoms with Crippen molar-refractivity contribution in [3.8, 4) is 17.3 Å². The van der Waals surface area contributed by atoms with Gasteiger partial charge in [0.05, 0.1) is 22.9 Å². The summed E-state index contributed by atoms with van der Waals surface area (Å²) < 4.78 is 0. The molecule has 5 nitrogen and oxygen atoms in total. The SMILES string of the molecule is Cc1cc(C2CCC(CNC(=O)c3cc(C)[nH]c3-c3cccc(C#N)c3)CC2)cc(C)n1. The molecule has 1 aliphatic rings. The Balaban J connectivity index is 1.37. The van der Waals surface area contributed by atoms with Crippen LogP contribution in [0.1, 0.15) is 70.2 Å². The summed E-state index contributed by atoms with van der Waals surface area (Å²) in [6.45, 7) is 6.76. The summed E-state index contributed by atoms with van der Waals surface area (Å²) in [4.78, 5) is 20.8. The molecule has 2 heterocycles. The zero-order valence-corrected chi connectivity index (χ0v) is 19.0. The van der Waals surface area contributed by atoms with Crippen LogP contribution in [-0.2, 0) is 0 Å². The predicted octanol–water partition coefficient (Wildman–Crippen LogP) is 5.58. The van der Waals surface area contributed by atoms with Crippen LogP contribution in [-0.4, -0.2) is 22.4 Å².